The maximum absolute atomic E-state index is 5.98. The van der Waals surface area contributed by atoms with Crippen molar-refractivity contribution in [1.29, 1.82) is 0 Å². The first kappa shape index (κ1) is 11.5. The third-order valence-electron chi connectivity index (χ3n) is 3.44. The van der Waals surface area contributed by atoms with Gasteiger partial charge in [0.15, 0.2) is 0 Å². The van der Waals surface area contributed by atoms with E-state index in [0.29, 0.717) is 0 Å². The van der Waals surface area contributed by atoms with Gasteiger partial charge in [-0.1, -0.05) is 0 Å². The summed E-state index contributed by atoms with van der Waals surface area (Å²) in [5.41, 5.74) is 12.5. The van der Waals surface area contributed by atoms with Crippen LogP contribution in [0.5, 0.6) is 0 Å². The third kappa shape index (κ3) is 3.00. The average molecular weight is 222 g/mol. The van der Waals surface area contributed by atoms with Crippen molar-refractivity contribution in [1.82, 2.24) is 10.2 Å². The number of piperidine rings is 1. The van der Waals surface area contributed by atoms with Crippen molar-refractivity contribution in [2.45, 2.75) is 25.4 Å². The van der Waals surface area contributed by atoms with Gasteiger partial charge in [-0.05, 0) is 50.4 Å². The lowest BCUT2D eigenvalue weighted by Gasteiger charge is -2.31. The maximum atomic E-state index is 5.98. The molecule has 0 aromatic rings. The highest BCUT2D eigenvalue weighted by Crippen LogP contribution is 2.18. The predicted molar refractivity (Wildman–Crippen MR) is 66.3 cm³/mol. The van der Waals surface area contributed by atoms with E-state index in [-0.39, 0.29) is 6.17 Å². The smallest absolute Gasteiger partial charge is 0.0961 e. The van der Waals surface area contributed by atoms with Crippen molar-refractivity contribution in [2.24, 2.45) is 17.4 Å². The van der Waals surface area contributed by atoms with Crippen LogP contribution in [0.2, 0.25) is 0 Å². The monoisotopic (exact) mass is 222 g/mol. The van der Waals surface area contributed by atoms with E-state index >= 15 is 0 Å². The summed E-state index contributed by atoms with van der Waals surface area (Å²) in [4.78, 5) is 2.14. The van der Waals surface area contributed by atoms with Gasteiger partial charge in [0.1, 0.15) is 0 Å². The molecule has 90 valence electrons. The topological polar surface area (TPSA) is 67.3 Å². The molecule has 4 nitrogen and oxygen atoms in total. The number of rotatable bonds is 3. The first-order chi connectivity index (χ1) is 7.75. The zero-order valence-corrected chi connectivity index (χ0v) is 9.73. The van der Waals surface area contributed by atoms with Crippen molar-refractivity contribution in [2.75, 3.05) is 19.6 Å². The van der Waals surface area contributed by atoms with Crippen LogP contribution in [0.15, 0.2) is 24.0 Å². The summed E-state index contributed by atoms with van der Waals surface area (Å²) >= 11 is 0. The third-order valence-corrected chi connectivity index (χ3v) is 3.44. The molecule has 2 aliphatic rings. The maximum Gasteiger partial charge on any atom is 0.0961 e. The molecule has 0 bridgehead atoms. The molecule has 5 N–H and O–H groups in total. The minimum atomic E-state index is -0.00554. The Hall–Kier alpha value is -1.00. The Morgan fingerprint density at radius 2 is 2.12 bits per heavy atom. The van der Waals surface area contributed by atoms with Crippen LogP contribution < -0.4 is 16.8 Å². The molecule has 0 amide bonds. The molecule has 0 aromatic heterocycles. The van der Waals surface area contributed by atoms with Gasteiger partial charge in [0.05, 0.1) is 6.17 Å². The van der Waals surface area contributed by atoms with Crippen molar-refractivity contribution in [3.63, 3.8) is 0 Å². The van der Waals surface area contributed by atoms with Crippen LogP contribution in [0, 0.1) is 5.92 Å². The van der Waals surface area contributed by atoms with Crippen LogP contribution in [-0.2, 0) is 0 Å². The minimum absolute atomic E-state index is 0.00554. The molecule has 4 heteroatoms. The van der Waals surface area contributed by atoms with Gasteiger partial charge in [0.2, 0.25) is 0 Å². The van der Waals surface area contributed by atoms with Gasteiger partial charge in [0, 0.05) is 18.4 Å². The fourth-order valence-electron chi connectivity index (χ4n) is 2.36. The van der Waals surface area contributed by atoms with E-state index in [1.54, 1.807) is 0 Å². The molecular formula is C12H22N4. The fraction of sp³-hybridized carbons (Fsp3) is 0.667. The molecule has 0 radical (unpaired) electrons. The van der Waals surface area contributed by atoms with Crippen LogP contribution in [0.1, 0.15) is 19.3 Å². The first-order valence-corrected chi connectivity index (χ1v) is 6.13. The molecular weight excluding hydrogens is 200 g/mol. The number of hydrogen-bond acceptors (Lipinski definition) is 4. The zero-order valence-electron chi connectivity index (χ0n) is 9.73. The molecule has 0 aromatic carbocycles. The summed E-state index contributed by atoms with van der Waals surface area (Å²) in [6.45, 7) is 3.33. The van der Waals surface area contributed by atoms with E-state index in [9.17, 15) is 0 Å². The minimum Gasteiger partial charge on any atom is -0.398 e. The van der Waals surface area contributed by atoms with Crippen LogP contribution in [0.3, 0.4) is 0 Å². The normalized spacial score (nSPS) is 26.9. The molecule has 0 aliphatic carbocycles. The SMILES string of the molecule is NC1=CN(CCC2CCNCC2)C(N)C=C1. The van der Waals surface area contributed by atoms with Crippen LogP contribution in [0.4, 0.5) is 0 Å². The molecule has 1 unspecified atom stereocenters. The van der Waals surface area contributed by atoms with Crippen LogP contribution in [-0.4, -0.2) is 30.7 Å². The lowest BCUT2D eigenvalue weighted by molar-refractivity contribution is 0.264. The zero-order chi connectivity index (χ0) is 11.4. The first-order valence-electron chi connectivity index (χ1n) is 6.13. The predicted octanol–water partition coefficient (Wildman–Crippen LogP) is 0.333. The molecule has 2 rings (SSSR count). The second-order valence-corrected chi connectivity index (χ2v) is 4.70. The summed E-state index contributed by atoms with van der Waals surface area (Å²) < 4.78 is 0. The largest absolute Gasteiger partial charge is 0.398 e. The van der Waals surface area contributed by atoms with Gasteiger partial charge in [-0.25, -0.2) is 0 Å². The van der Waals surface area contributed by atoms with Crippen molar-refractivity contribution in [3.05, 3.63) is 24.0 Å². The summed E-state index contributed by atoms with van der Waals surface area (Å²) in [6, 6.07) is 0. The van der Waals surface area contributed by atoms with E-state index < -0.39 is 0 Å². The lowest BCUT2D eigenvalue weighted by Crippen LogP contribution is -2.40. The second-order valence-electron chi connectivity index (χ2n) is 4.70. The molecule has 16 heavy (non-hydrogen) atoms. The number of nitrogens with one attached hydrogen (secondary N) is 1. The van der Waals surface area contributed by atoms with E-state index in [2.05, 4.69) is 10.2 Å². The van der Waals surface area contributed by atoms with E-state index in [1.807, 2.05) is 18.4 Å². The second kappa shape index (κ2) is 5.37. The molecule has 1 atom stereocenters. The summed E-state index contributed by atoms with van der Waals surface area (Å²) in [5.74, 6) is 0.842. The highest BCUT2D eigenvalue weighted by Gasteiger charge is 2.16. The molecule has 0 spiro atoms. The molecule has 0 saturated carbocycles. The highest BCUT2D eigenvalue weighted by molar-refractivity contribution is 5.20. The van der Waals surface area contributed by atoms with E-state index in [4.69, 9.17) is 11.5 Å². The van der Waals surface area contributed by atoms with Gasteiger partial charge in [-0.3, -0.25) is 0 Å². The summed E-state index contributed by atoms with van der Waals surface area (Å²) in [5, 5.41) is 3.39. The lowest BCUT2D eigenvalue weighted by atomic mass is 9.94. The van der Waals surface area contributed by atoms with Gasteiger partial charge in [-0.15, -0.1) is 0 Å². The van der Waals surface area contributed by atoms with Gasteiger partial charge in [0.25, 0.3) is 0 Å². The summed E-state index contributed by atoms with van der Waals surface area (Å²) in [6.07, 6.45) is 9.59. The Bertz CT molecular complexity index is 279. The molecule has 1 saturated heterocycles. The molecule has 1 fully saturated rings. The highest BCUT2D eigenvalue weighted by atomic mass is 15.2. The van der Waals surface area contributed by atoms with Crippen LogP contribution >= 0.6 is 0 Å². The Morgan fingerprint density at radius 1 is 1.38 bits per heavy atom. The van der Waals surface area contributed by atoms with Gasteiger partial charge in [-0.2, -0.15) is 0 Å². The van der Waals surface area contributed by atoms with Gasteiger partial charge >= 0.3 is 0 Å². The standard InChI is InChI=1S/C12H22N4/c13-11-1-2-12(14)16(9-11)8-5-10-3-6-15-7-4-10/h1-2,9-10,12,15H,3-8,13-14H2. The molecule has 2 aliphatic heterocycles. The number of nitrogens with zero attached hydrogens (tertiary/aromatic N) is 1. The van der Waals surface area contributed by atoms with E-state index in [0.717, 1.165) is 31.2 Å². The number of allylic oxidation sites excluding steroid dienone is 1. The Balaban J connectivity index is 1.78. The average Bonchev–Trinajstić information content (AvgIpc) is 2.32. The quantitative estimate of drug-likeness (QED) is 0.644. The van der Waals surface area contributed by atoms with Crippen molar-refractivity contribution >= 4 is 0 Å². The van der Waals surface area contributed by atoms with Crippen LogP contribution in [0.25, 0.3) is 0 Å². The Kier molecular flexibility index (Phi) is 3.85. The molecule has 2 heterocycles. The fourth-order valence-corrected chi connectivity index (χ4v) is 2.36. The van der Waals surface area contributed by atoms with E-state index in [1.165, 1.54) is 19.3 Å². The van der Waals surface area contributed by atoms with Gasteiger partial charge < -0.3 is 21.7 Å². The Morgan fingerprint density at radius 3 is 2.88 bits per heavy atom. The number of nitrogens with two attached hydrogens (primary N) is 2. The Labute approximate surface area is 97.4 Å². The summed E-state index contributed by atoms with van der Waals surface area (Å²) in [7, 11) is 0. The van der Waals surface area contributed by atoms with Crippen molar-refractivity contribution in [3.8, 4) is 0 Å². The van der Waals surface area contributed by atoms with Crippen molar-refractivity contribution < 1.29 is 0 Å². The number of hydrogen-bond donors (Lipinski definition) is 3.